The first-order valence-corrected chi connectivity index (χ1v) is 14.2. The minimum absolute atomic E-state index is 0.00494. The van der Waals surface area contributed by atoms with Crippen molar-refractivity contribution in [2.45, 2.75) is 73.3 Å². The Morgan fingerprint density at radius 2 is 1.61 bits per heavy atom. The number of carbonyl (C=O) groups excluding carboxylic acids is 3. The number of nitrogens with zero attached hydrogens (tertiary/aromatic N) is 4. The molecule has 3 aromatic rings. The van der Waals surface area contributed by atoms with E-state index in [4.69, 9.17) is 4.74 Å². The third kappa shape index (κ3) is 7.93. The van der Waals surface area contributed by atoms with Gasteiger partial charge in [0.15, 0.2) is 16.9 Å². The van der Waals surface area contributed by atoms with Crippen molar-refractivity contribution >= 4 is 28.5 Å². The number of nitrogens with one attached hydrogen (secondary N) is 1. The number of H-pyrrole nitrogens is 1. The SMILES string of the molecule is CC(C)C(=O)CCCCn1c(=O)[nH]c2nc(-c3cncc(C(=O)C(C)COCCCC(=O)C(C)C)c3)n(C)c2c1=O. The highest BCUT2D eigenvalue weighted by molar-refractivity contribution is 5.98. The Hall–Kier alpha value is -3.73. The number of unbranched alkanes of at least 4 members (excludes halogenated alkanes) is 1. The number of fused-ring (bicyclic) bond motifs is 1. The first-order chi connectivity index (χ1) is 19.4. The Labute approximate surface area is 239 Å². The Morgan fingerprint density at radius 1 is 0.951 bits per heavy atom. The number of aromatic amines is 1. The number of rotatable bonds is 16. The summed E-state index contributed by atoms with van der Waals surface area (Å²) in [7, 11) is 1.67. The number of carbonyl (C=O) groups is 3. The van der Waals surface area contributed by atoms with Crippen molar-refractivity contribution in [3.8, 4) is 11.4 Å². The average Bonchev–Trinajstić information content (AvgIpc) is 3.27. The molecule has 0 aliphatic heterocycles. The fourth-order valence-electron chi connectivity index (χ4n) is 4.49. The molecule has 11 nitrogen and oxygen atoms in total. The van der Waals surface area contributed by atoms with E-state index in [0.717, 1.165) is 4.57 Å². The molecule has 3 aromatic heterocycles. The van der Waals surface area contributed by atoms with Gasteiger partial charge >= 0.3 is 5.69 Å². The highest BCUT2D eigenvalue weighted by atomic mass is 16.5. The van der Waals surface area contributed by atoms with Crippen LogP contribution in [0, 0.1) is 17.8 Å². The lowest BCUT2D eigenvalue weighted by atomic mass is 10.0. The van der Waals surface area contributed by atoms with Gasteiger partial charge < -0.3 is 9.30 Å². The van der Waals surface area contributed by atoms with Crippen LogP contribution in [-0.2, 0) is 27.9 Å². The van der Waals surface area contributed by atoms with E-state index in [-0.39, 0.29) is 53.5 Å². The lowest BCUT2D eigenvalue weighted by Gasteiger charge is -2.12. The van der Waals surface area contributed by atoms with Gasteiger partial charge in [0, 0.05) is 74.3 Å². The Bertz CT molecular complexity index is 1510. The van der Waals surface area contributed by atoms with Crippen LogP contribution in [0.1, 0.15) is 77.1 Å². The standard InChI is InChI=1S/C30H41N5O6/c1-18(2)23(36)10-7-8-12-35-29(39)25-27(33-30(35)40)32-28(34(25)6)22-14-21(15-31-16-22)26(38)20(5)17-41-13-9-11-24(37)19(3)4/h14-16,18-20H,7-13,17H2,1-6H3,(H,33,40). The van der Waals surface area contributed by atoms with E-state index in [1.165, 1.54) is 6.20 Å². The smallest absolute Gasteiger partial charge is 0.330 e. The molecular weight excluding hydrogens is 526 g/mol. The van der Waals surface area contributed by atoms with Crippen LogP contribution in [0.3, 0.4) is 0 Å². The molecule has 0 radical (unpaired) electrons. The first-order valence-electron chi connectivity index (χ1n) is 14.2. The van der Waals surface area contributed by atoms with E-state index in [1.807, 2.05) is 27.7 Å². The predicted octanol–water partition coefficient (Wildman–Crippen LogP) is 3.72. The van der Waals surface area contributed by atoms with Crippen molar-refractivity contribution in [1.82, 2.24) is 24.1 Å². The molecule has 0 amide bonds. The number of Topliss-reactive ketones (excluding diaryl/α,β-unsaturated/α-hetero) is 3. The lowest BCUT2D eigenvalue weighted by molar-refractivity contribution is -0.122. The maximum Gasteiger partial charge on any atom is 0.330 e. The zero-order valence-electron chi connectivity index (χ0n) is 24.9. The molecule has 0 aromatic carbocycles. The third-order valence-corrected chi connectivity index (χ3v) is 7.16. The van der Waals surface area contributed by atoms with Crippen LogP contribution in [0.15, 0.2) is 28.0 Å². The minimum atomic E-state index is -0.563. The maximum absolute atomic E-state index is 13.2. The molecule has 0 saturated heterocycles. The fourth-order valence-corrected chi connectivity index (χ4v) is 4.49. The monoisotopic (exact) mass is 567 g/mol. The van der Waals surface area contributed by atoms with Crippen LogP contribution in [0.25, 0.3) is 22.6 Å². The van der Waals surface area contributed by atoms with Gasteiger partial charge in [0.2, 0.25) is 0 Å². The lowest BCUT2D eigenvalue weighted by Crippen LogP contribution is -2.35. The van der Waals surface area contributed by atoms with Gasteiger partial charge in [-0.1, -0.05) is 34.6 Å². The van der Waals surface area contributed by atoms with Crippen molar-refractivity contribution in [1.29, 1.82) is 0 Å². The number of aromatic nitrogens is 5. The second-order valence-corrected chi connectivity index (χ2v) is 11.2. The summed E-state index contributed by atoms with van der Waals surface area (Å²) in [4.78, 5) is 74.0. The van der Waals surface area contributed by atoms with Gasteiger partial charge in [-0.05, 0) is 25.3 Å². The molecule has 1 atom stereocenters. The summed E-state index contributed by atoms with van der Waals surface area (Å²) in [5.74, 6) is 0.127. The van der Waals surface area contributed by atoms with Gasteiger partial charge in [-0.2, -0.15) is 0 Å². The van der Waals surface area contributed by atoms with E-state index in [9.17, 15) is 24.0 Å². The molecule has 0 aliphatic rings. The molecule has 11 heteroatoms. The quantitative estimate of drug-likeness (QED) is 0.204. The van der Waals surface area contributed by atoms with E-state index < -0.39 is 17.2 Å². The first kappa shape index (κ1) is 31.8. The Kier molecular flexibility index (Phi) is 11.0. The number of hydrogen-bond donors (Lipinski definition) is 1. The topological polar surface area (TPSA) is 146 Å². The summed E-state index contributed by atoms with van der Waals surface area (Å²) in [5, 5.41) is 0. The zero-order chi connectivity index (χ0) is 30.3. The van der Waals surface area contributed by atoms with E-state index in [0.29, 0.717) is 55.7 Å². The zero-order valence-corrected chi connectivity index (χ0v) is 24.9. The van der Waals surface area contributed by atoms with Crippen LogP contribution in [-0.4, -0.2) is 54.6 Å². The van der Waals surface area contributed by atoms with Crippen LogP contribution >= 0.6 is 0 Å². The summed E-state index contributed by atoms with van der Waals surface area (Å²) >= 11 is 0. The van der Waals surface area contributed by atoms with Gasteiger partial charge in [-0.25, -0.2) is 9.78 Å². The van der Waals surface area contributed by atoms with Crippen LogP contribution in [0.2, 0.25) is 0 Å². The molecule has 0 fully saturated rings. The second kappa shape index (κ2) is 14.2. The molecule has 1 N–H and O–H groups in total. The van der Waals surface area contributed by atoms with Gasteiger partial charge in [0.25, 0.3) is 5.56 Å². The minimum Gasteiger partial charge on any atom is -0.381 e. The Morgan fingerprint density at radius 3 is 2.27 bits per heavy atom. The fraction of sp³-hybridized carbons (Fsp3) is 0.567. The van der Waals surface area contributed by atoms with Crippen LogP contribution in [0.5, 0.6) is 0 Å². The molecule has 222 valence electrons. The second-order valence-electron chi connectivity index (χ2n) is 11.2. The van der Waals surface area contributed by atoms with Crippen molar-refractivity contribution in [2.75, 3.05) is 13.2 Å². The van der Waals surface area contributed by atoms with Crippen molar-refractivity contribution in [2.24, 2.45) is 24.8 Å². The van der Waals surface area contributed by atoms with E-state index in [1.54, 1.807) is 30.8 Å². The highest BCUT2D eigenvalue weighted by Crippen LogP contribution is 2.22. The van der Waals surface area contributed by atoms with Gasteiger partial charge in [-0.3, -0.25) is 33.7 Å². The summed E-state index contributed by atoms with van der Waals surface area (Å²) in [5.41, 5.74) is 0.245. The van der Waals surface area contributed by atoms with E-state index in [2.05, 4.69) is 15.0 Å². The molecule has 0 aliphatic carbocycles. The number of ketones is 3. The number of aryl methyl sites for hydroxylation is 1. The summed E-state index contributed by atoms with van der Waals surface area (Å²) in [6, 6.07) is 1.66. The summed E-state index contributed by atoms with van der Waals surface area (Å²) in [6.07, 6.45) is 5.62. The number of pyridine rings is 1. The molecule has 3 rings (SSSR count). The molecule has 1 unspecified atom stereocenters. The highest BCUT2D eigenvalue weighted by Gasteiger charge is 2.20. The van der Waals surface area contributed by atoms with Gasteiger partial charge in [0.1, 0.15) is 17.4 Å². The van der Waals surface area contributed by atoms with Gasteiger partial charge in [-0.15, -0.1) is 0 Å². The normalized spacial score (nSPS) is 12.4. The number of ether oxygens (including phenoxy) is 1. The summed E-state index contributed by atoms with van der Waals surface area (Å²) < 4.78 is 8.35. The van der Waals surface area contributed by atoms with Crippen LogP contribution < -0.4 is 11.2 Å². The molecule has 3 heterocycles. The predicted molar refractivity (Wildman–Crippen MR) is 156 cm³/mol. The maximum atomic E-state index is 13.2. The number of imidazole rings is 1. The van der Waals surface area contributed by atoms with E-state index >= 15 is 0 Å². The van der Waals surface area contributed by atoms with Crippen molar-refractivity contribution in [3.63, 3.8) is 0 Å². The molecule has 0 saturated carbocycles. The average molecular weight is 568 g/mol. The van der Waals surface area contributed by atoms with Crippen LogP contribution in [0.4, 0.5) is 0 Å². The molecular formula is C30H41N5O6. The molecule has 0 bridgehead atoms. The summed E-state index contributed by atoms with van der Waals surface area (Å²) in [6.45, 7) is 10.0. The van der Waals surface area contributed by atoms with Crippen molar-refractivity contribution in [3.05, 3.63) is 44.9 Å². The molecule has 0 spiro atoms. The Balaban J connectivity index is 1.73. The van der Waals surface area contributed by atoms with Gasteiger partial charge in [0.05, 0.1) is 6.61 Å². The third-order valence-electron chi connectivity index (χ3n) is 7.16. The number of hydrogen-bond acceptors (Lipinski definition) is 8. The molecule has 41 heavy (non-hydrogen) atoms. The largest absolute Gasteiger partial charge is 0.381 e. The van der Waals surface area contributed by atoms with Crippen molar-refractivity contribution < 1.29 is 19.1 Å².